The van der Waals surface area contributed by atoms with Crippen molar-refractivity contribution >= 4 is 5.69 Å². The number of nitrogen functional groups attached to an aromatic ring is 1. The van der Waals surface area contributed by atoms with Crippen LogP contribution in [0.4, 0.5) is 5.69 Å². The van der Waals surface area contributed by atoms with Gasteiger partial charge in [0.15, 0.2) is 0 Å². The molecule has 17 heavy (non-hydrogen) atoms. The van der Waals surface area contributed by atoms with Gasteiger partial charge in [-0.1, -0.05) is 0 Å². The van der Waals surface area contributed by atoms with E-state index in [1.165, 1.54) is 13.0 Å². The molecular formula is C13H22N4. The molecule has 0 amide bonds. The lowest BCUT2D eigenvalue weighted by Crippen LogP contribution is -2.37. The van der Waals surface area contributed by atoms with E-state index in [4.69, 9.17) is 5.73 Å². The molecule has 0 saturated carbocycles. The van der Waals surface area contributed by atoms with Crippen molar-refractivity contribution in [1.29, 1.82) is 0 Å². The first-order valence-corrected chi connectivity index (χ1v) is 6.29. The molecule has 2 N–H and O–H groups in total. The molecule has 94 valence electrons. The van der Waals surface area contributed by atoms with Crippen molar-refractivity contribution < 1.29 is 0 Å². The van der Waals surface area contributed by atoms with Crippen molar-refractivity contribution in [2.45, 2.75) is 25.9 Å². The Balaban J connectivity index is 2.05. The van der Waals surface area contributed by atoms with Crippen molar-refractivity contribution in [3.8, 4) is 0 Å². The summed E-state index contributed by atoms with van der Waals surface area (Å²) in [5, 5.41) is 0. The van der Waals surface area contributed by atoms with Crippen molar-refractivity contribution in [3.05, 3.63) is 24.0 Å². The Morgan fingerprint density at radius 3 is 3.06 bits per heavy atom. The predicted octanol–water partition coefficient (Wildman–Crippen LogP) is 1.19. The number of hydrogen-bond donors (Lipinski definition) is 1. The summed E-state index contributed by atoms with van der Waals surface area (Å²) in [4.78, 5) is 9.25. The monoisotopic (exact) mass is 234 g/mol. The standard InChI is InChI=1S/C13H22N4/c1-11-9-16(2)7-4-8-17(11)10-13-12(14)5-3-6-15-13/h3,5-6,11H,4,7-10,14H2,1-2H3. The number of nitrogens with zero attached hydrogens (tertiary/aromatic N) is 3. The van der Waals surface area contributed by atoms with Crippen LogP contribution in [0.3, 0.4) is 0 Å². The van der Waals surface area contributed by atoms with Gasteiger partial charge in [-0.25, -0.2) is 0 Å². The van der Waals surface area contributed by atoms with Gasteiger partial charge in [0.2, 0.25) is 0 Å². The summed E-state index contributed by atoms with van der Waals surface area (Å²) in [6.07, 6.45) is 3.04. The van der Waals surface area contributed by atoms with E-state index in [9.17, 15) is 0 Å². The molecule has 1 saturated heterocycles. The van der Waals surface area contributed by atoms with Gasteiger partial charge in [-0.2, -0.15) is 0 Å². The number of likely N-dealkylation sites (N-methyl/N-ethyl adjacent to an activating group) is 1. The highest BCUT2D eigenvalue weighted by molar-refractivity contribution is 5.41. The van der Waals surface area contributed by atoms with Crippen LogP contribution in [0.25, 0.3) is 0 Å². The van der Waals surface area contributed by atoms with Crippen molar-refractivity contribution in [1.82, 2.24) is 14.8 Å². The van der Waals surface area contributed by atoms with E-state index < -0.39 is 0 Å². The van der Waals surface area contributed by atoms with E-state index in [-0.39, 0.29) is 0 Å². The van der Waals surface area contributed by atoms with Gasteiger partial charge in [-0.05, 0) is 39.1 Å². The van der Waals surface area contributed by atoms with E-state index in [0.717, 1.165) is 31.0 Å². The summed E-state index contributed by atoms with van der Waals surface area (Å²) in [5.74, 6) is 0. The minimum Gasteiger partial charge on any atom is -0.397 e. The van der Waals surface area contributed by atoms with Gasteiger partial charge in [-0.15, -0.1) is 0 Å². The summed E-state index contributed by atoms with van der Waals surface area (Å²) in [6.45, 7) is 6.56. The molecule has 1 aliphatic heterocycles. The minimum atomic E-state index is 0.559. The molecule has 2 rings (SSSR count). The first-order valence-electron chi connectivity index (χ1n) is 6.29. The topological polar surface area (TPSA) is 45.4 Å². The number of pyridine rings is 1. The van der Waals surface area contributed by atoms with Crippen LogP contribution in [0.1, 0.15) is 19.0 Å². The third-order valence-corrected chi connectivity index (χ3v) is 3.46. The quantitative estimate of drug-likeness (QED) is 0.835. The fourth-order valence-electron chi connectivity index (χ4n) is 2.43. The fraction of sp³-hybridized carbons (Fsp3) is 0.615. The second-order valence-electron chi connectivity index (χ2n) is 4.97. The largest absolute Gasteiger partial charge is 0.397 e. The van der Waals surface area contributed by atoms with Gasteiger partial charge in [0.25, 0.3) is 0 Å². The predicted molar refractivity (Wildman–Crippen MR) is 70.6 cm³/mol. The van der Waals surface area contributed by atoms with Gasteiger partial charge >= 0.3 is 0 Å². The Bertz CT molecular complexity index is 366. The molecule has 1 unspecified atom stereocenters. The number of rotatable bonds is 2. The van der Waals surface area contributed by atoms with Gasteiger partial charge in [0, 0.05) is 31.9 Å². The maximum absolute atomic E-state index is 5.95. The molecular weight excluding hydrogens is 212 g/mol. The van der Waals surface area contributed by atoms with Crippen LogP contribution in [0, 0.1) is 0 Å². The molecule has 1 aliphatic rings. The maximum atomic E-state index is 5.95. The average Bonchev–Trinajstić information content (AvgIpc) is 2.44. The first-order chi connectivity index (χ1) is 8.16. The zero-order valence-electron chi connectivity index (χ0n) is 10.8. The van der Waals surface area contributed by atoms with Crippen LogP contribution in [0.2, 0.25) is 0 Å². The summed E-state index contributed by atoms with van der Waals surface area (Å²) < 4.78 is 0. The molecule has 1 aromatic rings. The van der Waals surface area contributed by atoms with Crippen LogP contribution in [-0.4, -0.2) is 47.5 Å². The molecule has 4 nitrogen and oxygen atoms in total. The molecule has 4 heteroatoms. The van der Waals surface area contributed by atoms with Crippen LogP contribution < -0.4 is 5.73 Å². The van der Waals surface area contributed by atoms with Crippen molar-refractivity contribution in [2.24, 2.45) is 0 Å². The van der Waals surface area contributed by atoms with E-state index in [1.54, 1.807) is 0 Å². The summed E-state index contributed by atoms with van der Waals surface area (Å²) in [6, 6.07) is 4.37. The van der Waals surface area contributed by atoms with E-state index in [2.05, 4.69) is 28.8 Å². The molecule has 0 spiro atoms. The van der Waals surface area contributed by atoms with Gasteiger partial charge in [-0.3, -0.25) is 9.88 Å². The second-order valence-corrected chi connectivity index (χ2v) is 4.97. The normalized spacial score (nSPS) is 23.5. The minimum absolute atomic E-state index is 0.559. The summed E-state index contributed by atoms with van der Waals surface area (Å²) >= 11 is 0. The molecule has 0 aromatic carbocycles. The highest BCUT2D eigenvalue weighted by Crippen LogP contribution is 2.15. The SMILES string of the molecule is CC1CN(C)CCCN1Cc1ncccc1N. The lowest BCUT2D eigenvalue weighted by molar-refractivity contribution is 0.193. The van der Waals surface area contributed by atoms with E-state index in [0.29, 0.717) is 6.04 Å². The Labute approximate surface area is 103 Å². The summed E-state index contributed by atoms with van der Waals surface area (Å²) in [5.41, 5.74) is 7.76. The molecule has 1 fully saturated rings. The Morgan fingerprint density at radius 2 is 2.29 bits per heavy atom. The first kappa shape index (κ1) is 12.3. The third kappa shape index (κ3) is 3.17. The zero-order valence-corrected chi connectivity index (χ0v) is 10.8. The Morgan fingerprint density at radius 1 is 1.47 bits per heavy atom. The fourth-order valence-corrected chi connectivity index (χ4v) is 2.43. The summed E-state index contributed by atoms with van der Waals surface area (Å²) in [7, 11) is 2.19. The smallest absolute Gasteiger partial charge is 0.0772 e. The molecule has 0 bridgehead atoms. The number of nitrogens with two attached hydrogens (primary N) is 1. The molecule has 1 atom stereocenters. The van der Waals surface area contributed by atoms with Crippen LogP contribution >= 0.6 is 0 Å². The Hall–Kier alpha value is -1.13. The van der Waals surface area contributed by atoms with Crippen molar-refractivity contribution in [2.75, 3.05) is 32.4 Å². The Kier molecular flexibility index (Phi) is 3.97. The lowest BCUT2D eigenvalue weighted by atomic mass is 10.2. The van der Waals surface area contributed by atoms with Crippen LogP contribution in [0.5, 0.6) is 0 Å². The van der Waals surface area contributed by atoms with Gasteiger partial charge in [0.05, 0.1) is 11.4 Å². The molecule has 1 aromatic heterocycles. The van der Waals surface area contributed by atoms with Crippen LogP contribution in [0.15, 0.2) is 18.3 Å². The highest BCUT2D eigenvalue weighted by atomic mass is 15.2. The maximum Gasteiger partial charge on any atom is 0.0772 e. The van der Waals surface area contributed by atoms with Crippen molar-refractivity contribution in [3.63, 3.8) is 0 Å². The zero-order chi connectivity index (χ0) is 12.3. The molecule has 2 heterocycles. The number of aromatic nitrogens is 1. The number of hydrogen-bond acceptors (Lipinski definition) is 4. The van der Waals surface area contributed by atoms with E-state index in [1.807, 2.05) is 18.3 Å². The lowest BCUT2D eigenvalue weighted by Gasteiger charge is -2.27. The molecule has 0 radical (unpaired) electrons. The third-order valence-electron chi connectivity index (χ3n) is 3.46. The average molecular weight is 234 g/mol. The second kappa shape index (κ2) is 5.47. The highest BCUT2D eigenvalue weighted by Gasteiger charge is 2.20. The van der Waals surface area contributed by atoms with Gasteiger partial charge in [0.1, 0.15) is 0 Å². The van der Waals surface area contributed by atoms with E-state index >= 15 is 0 Å². The molecule has 0 aliphatic carbocycles. The number of anilines is 1. The van der Waals surface area contributed by atoms with Gasteiger partial charge < -0.3 is 10.6 Å². The van der Waals surface area contributed by atoms with Crippen LogP contribution in [-0.2, 0) is 6.54 Å².